The van der Waals surface area contributed by atoms with Crippen molar-refractivity contribution in [3.63, 3.8) is 0 Å². The molecular weight excluding hydrogens is 368 g/mol. The summed E-state index contributed by atoms with van der Waals surface area (Å²) in [5, 5.41) is 30.5. The molecule has 0 heterocycles. The first-order chi connectivity index (χ1) is 13.6. The predicted molar refractivity (Wildman–Crippen MR) is 109 cm³/mol. The normalized spacial score (nSPS) is 50.4. The van der Waals surface area contributed by atoms with Gasteiger partial charge in [-0.1, -0.05) is 20.8 Å². The van der Waals surface area contributed by atoms with Crippen molar-refractivity contribution in [2.75, 3.05) is 0 Å². The van der Waals surface area contributed by atoms with Crippen molar-refractivity contribution in [3.05, 3.63) is 0 Å². The molecule has 4 fully saturated rings. The van der Waals surface area contributed by atoms with Gasteiger partial charge in [-0.25, -0.2) is 0 Å². The molecule has 10 atom stereocenters. The Morgan fingerprint density at radius 2 is 1.86 bits per heavy atom. The van der Waals surface area contributed by atoms with Crippen LogP contribution in [0.3, 0.4) is 0 Å². The van der Waals surface area contributed by atoms with E-state index in [0.29, 0.717) is 24.5 Å². The topological polar surface area (TPSA) is 94.8 Å². The largest absolute Gasteiger partial charge is 0.481 e. The maximum absolute atomic E-state index is 13.6. The van der Waals surface area contributed by atoms with Crippen molar-refractivity contribution < 1.29 is 24.9 Å². The molecule has 0 aromatic rings. The number of rotatable bonds is 4. The Labute approximate surface area is 174 Å². The van der Waals surface area contributed by atoms with Gasteiger partial charge in [-0.2, -0.15) is 0 Å². The first-order valence-corrected chi connectivity index (χ1v) is 11.7. The molecule has 5 nitrogen and oxygen atoms in total. The van der Waals surface area contributed by atoms with Crippen molar-refractivity contribution >= 4 is 11.8 Å². The van der Waals surface area contributed by atoms with E-state index in [9.17, 15) is 19.8 Å². The van der Waals surface area contributed by atoms with E-state index in [1.165, 1.54) is 0 Å². The standard InChI is InChI=1S/C24H38O5/c1-13(4-7-21(28)29)16-5-6-17-22-18(12-20(27)24(16,17)3)23(2)9-8-15(25)10-14(23)11-19(22)26/h13-19,22,25-26H,4-12H2,1-3H3,(H,28,29)/t13-,14+,15+,16-,17+,18+,19-,22+,23+,24-/m1/s1. The van der Waals surface area contributed by atoms with Crippen LogP contribution in [-0.4, -0.2) is 39.3 Å². The maximum atomic E-state index is 13.6. The Morgan fingerprint density at radius 3 is 2.55 bits per heavy atom. The van der Waals surface area contributed by atoms with Gasteiger partial charge in [-0.3, -0.25) is 9.59 Å². The molecule has 0 spiro atoms. The fourth-order valence-electron chi connectivity index (χ4n) is 8.41. The third-order valence-electron chi connectivity index (χ3n) is 10.1. The zero-order valence-corrected chi connectivity index (χ0v) is 18.1. The van der Waals surface area contributed by atoms with Crippen LogP contribution in [0, 0.1) is 46.3 Å². The summed E-state index contributed by atoms with van der Waals surface area (Å²) in [4.78, 5) is 24.7. The number of fused-ring (bicyclic) bond motifs is 5. The van der Waals surface area contributed by atoms with E-state index >= 15 is 0 Å². The molecular formula is C24H38O5. The molecule has 4 aliphatic carbocycles. The number of aliphatic carboxylic acids is 1. The van der Waals surface area contributed by atoms with Crippen LogP contribution in [0.5, 0.6) is 0 Å². The summed E-state index contributed by atoms with van der Waals surface area (Å²) >= 11 is 0. The summed E-state index contributed by atoms with van der Waals surface area (Å²) in [5.41, 5.74) is -0.398. The third kappa shape index (κ3) is 3.18. The number of carbonyl (C=O) groups excluding carboxylic acids is 1. The molecule has 4 rings (SSSR count). The Bertz CT molecular complexity index is 676. The fourth-order valence-corrected chi connectivity index (χ4v) is 8.41. The van der Waals surface area contributed by atoms with E-state index in [0.717, 1.165) is 38.5 Å². The molecule has 164 valence electrons. The molecule has 0 unspecified atom stereocenters. The minimum absolute atomic E-state index is 0.0348. The maximum Gasteiger partial charge on any atom is 0.303 e. The van der Waals surface area contributed by atoms with Gasteiger partial charge in [0.25, 0.3) is 0 Å². The Morgan fingerprint density at radius 1 is 1.14 bits per heavy atom. The molecule has 29 heavy (non-hydrogen) atoms. The van der Waals surface area contributed by atoms with Crippen LogP contribution in [0.15, 0.2) is 0 Å². The van der Waals surface area contributed by atoms with Crippen LogP contribution in [0.25, 0.3) is 0 Å². The second kappa shape index (κ2) is 7.33. The fraction of sp³-hybridized carbons (Fsp3) is 0.917. The van der Waals surface area contributed by atoms with Crippen molar-refractivity contribution in [1.82, 2.24) is 0 Å². The number of aliphatic hydroxyl groups excluding tert-OH is 2. The first kappa shape index (κ1) is 21.3. The Hall–Kier alpha value is -0.940. The van der Waals surface area contributed by atoms with Crippen LogP contribution >= 0.6 is 0 Å². The number of carbonyl (C=O) groups is 2. The van der Waals surface area contributed by atoms with Gasteiger partial charge in [-0.05, 0) is 85.9 Å². The zero-order valence-electron chi connectivity index (χ0n) is 18.1. The number of carboxylic acid groups (broad SMARTS) is 1. The second-order valence-electron chi connectivity index (χ2n) is 11.2. The van der Waals surface area contributed by atoms with Gasteiger partial charge in [0, 0.05) is 18.3 Å². The summed E-state index contributed by atoms with van der Waals surface area (Å²) < 4.78 is 0. The van der Waals surface area contributed by atoms with Crippen molar-refractivity contribution in [1.29, 1.82) is 0 Å². The molecule has 4 saturated carbocycles. The van der Waals surface area contributed by atoms with Gasteiger partial charge in [-0.15, -0.1) is 0 Å². The zero-order chi connectivity index (χ0) is 21.1. The summed E-state index contributed by atoms with van der Waals surface area (Å²) in [7, 11) is 0. The van der Waals surface area contributed by atoms with E-state index in [2.05, 4.69) is 20.8 Å². The highest BCUT2D eigenvalue weighted by molar-refractivity contribution is 5.87. The lowest BCUT2D eigenvalue weighted by atomic mass is 9.43. The molecule has 0 aliphatic heterocycles. The minimum Gasteiger partial charge on any atom is -0.481 e. The lowest BCUT2D eigenvalue weighted by molar-refractivity contribution is -0.181. The Kier molecular flexibility index (Phi) is 5.39. The van der Waals surface area contributed by atoms with Gasteiger partial charge in [0.15, 0.2) is 0 Å². The smallest absolute Gasteiger partial charge is 0.303 e. The van der Waals surface area contributed by atoms with Crippen LogP contribution in [-0.2, 0) is 9.59 Å². The van der Waals surface area contributed by atoms with Gasteiger partial charge >= 0.3 is 5.97 Å². The van der Waals surface area contributed by atoms with Crippen molar-refractivity contribution in [2.45, 2.75) is 90.8 Å². The average Bonchev–Trinajstić information content (AvgIpc) is 3.01. The highest BCUT2D eigenvalue weighted by Crippen LogP contribution is 2.67. The van der Waals surface area contributed by atoms with E-state index in [-0.39, 0.29) is 47.5 Å². The van der Waals surface area contributed by atoms with Gasteiger partial charge in [0.05, 0.1) is 12.2 Å². The van der Waals surface area contributed by atoms with Gasteiger partial charge in [0.2, 0.25) is 0 Å². The quantitative estimate of drug-likeness (QED) is 0.662. The number of hydrogen-bond donors (Lipinski definition) is 3. The van der Waals surface area contributed by atoms with E-state index in [4.69, 9.17) is 5.11 Å². The van der Waals surface area contributed by atoms with E-state index < -0.39 is 17.5 Å². The summed E-state index contributed by atoms with van der Waals surface area (Å²) in [5.74, 6) is 0.855. The average molecular weight is 407 g/mol. The number of aliphatic hydroxyl groups is 2. The SMILES string of the molecule is C[C@H](CCC(=O)O)[C@H]1CC[C@H]2[C@@H]3[C@H](O)C[C@@H]4C[C@@H](O)CC[C@]4(C)[C@H]3CC(=O)[C@]12C. The van der Waals surface area contributed by atoms with E-state index in [1.807, 2.05) is 0 Å². The van der Waals surface area contributed by atoms with Crippen LogP contribution in [0.4, 0.5) is 0 Å². The summed E-state index contributed by atoms with van der Waals surface area (Å²) in [6, 6.07) is 0. The molecule has 0 amide bonds. The number of Topliss-reactive ketones (excluding diaryl/α,β-unsaturated/α-hetero) is 1. The van der Waals surface area contributed by atoms with Gasteiger partial charge < -0.3 is 15.3 Å². The summed E-state index contributed by atoms with van der Waals surface area (Å²) in [6.45, 7) is 6.54. The molecule has 0 bridgehead atoms. The lowest BCUT2D eigenvalue weighted by Crippen LogP contribution is -2.61. The van der Waals surface area contributed by atoms with Crippen LogP contribution in [0.1, 0.15) is 78.6 Å². The van der Waals surface area contributed by atoms with Crippen molar-refractivity contribution in [2.24, 2.45) is 46.3 Å². The highest BCUT2D eigenvalue weighted by atomic mass is 16.4. The van der Waals surface area contributed by atoms with E-state index in [1.54, 1.807) is 0 Å². The van der Waals surface area contributed by atoms with Crippen LogP contribution in [0.2, 0.25) is 0 Å². The number of ketones is 1. The van der Waals surface area contributed by atoms with Gasteiger partial charge in [0.1, 0.15) is 5.78 Å². The molecule has 3 N–H and O–H groups in total. The minimum atomic E-state index is -0.771. The van der Waals surface area contributed by atoms with Crippen LogP contribution < -0.4 is 0 Å². The number of carboxylic acids is 1. The third-order valence-corrected chi connectivity index (χ3v) is 10.1. The number of hydrogen-bond acceptors (Lipinski definition) is 4. The highest BCUT2D eigenvalue weighted by Gasteiger charge is 2.65. The Balaban J connectivity index is 1.62. The molecule has 0 saturated heterocycles. The molecule has 0 aromatic heterocycles. The predicted octanol–water partition coefficient (Wildman–Crippen LogP) is 3.66. The lowest BCUT2D eigenvalue weighted by Gasteiger charge is -2.61. The molecule has 0 aromatic carbocycles. The second-order valence-corrected chi connectivity index (χ2v) is 11.2. The monoisotopic (exact) mass is 406 g/mol. The summed E-state index contributed by atoms with van der Waals surface area (Å²) in [6.07, 6.45) is 5.82. The molecule has 4 aliphatic rings. The van der Waals surface area contributed by atoms with Crippen molar-refractivity contribution in [3.8, 4) is 0 Å². The molecule has 0 radical (unpaired) electrons. The molecule has 5 heteroatoms. The first-order valence-electron chi connectivity index (χ1n) is 11.7.